The molecule has 6 rings (SSSR count). The van der Waals surface area contributed by atoms with E-state index >= 15 is 0 Å². The van der Waals surface area contributed by atoms with Gasteiger partial charge in [-0.25, -0.2) is 9.78 Å². The number of ether oxygens (including phenoxy) is 1. The molecule has 0 spiro atoms. The highest BCUT2D eigenvalue weighted by atomic mass is 16.6. The number of anilines is 1. The average Bonchev–Trinajstić information content (AvgIpc) is 3.77. The number of nitrogens with one attached hydrogen (secondary N) is 2. The van der Waals surface area contributed by atoms with Crippen molar-refractivity contribution in [1.82, 2.24) is 24.8 Å². The number of benzene rings is 1. The van der Waals surface area contributed by atoms with Crippen LogP contribution in [-0.4, -0.2) is 97.2 Å². The maximum atomic E-state index is 13.4. The molecule has 0 bridgehead atoms. The van der Waals surface area contributed by atoms with E-state index in [0.717, 1.165) is 0 Å². The van der Waals surface area contributed by atoms with Crippen LogP contribution in [0, 0.1) is 0 Å². The number of nitrogens with zero attached hydrogens (tertiary/aromatic N) is 4. The van der Waals surface area contributed by atoms with Gasteiger partial charge in [0.1, 0.15) is 11.5 Å². The second kappa shape index (κ2) is 13.1. The highest BCUT2D eigenvalue weighted by molar-refractivity contribution is 6.45. The zero-order valence-electron chi connectivity index (χ0n) is 24.9. The van der Waals surface area contributed by atoms with Crippen LogP contribution >= 0.6 is 0 Å². The monoisotopic (exact) mass is 612 g/mol. The molecular weight excluding hydrogens is 580 g/mol. The minimum atomic E-state index is -1.22. The lowest BCUT2D eigenvalue weighted by molar-refractivity contribution is -0.138. The fourth-order valence-electron chi connectivity index (χ4n) is 5.22. The molecule has 3 unspecified atom stereocenters. The number of carboxylic acids is 1. The van der Waals surface area contributed by atoms with Crippen molar-refractivity contribution >= 4 is 46.2 Å². The van der Waals surface area contributed by atoms with Crippen LogP contribution in [0.2, 0.25) is 0 Å². The van der Waals surface area contributed by atoms with E-state index in [2.05, 4.69) is 20.3 Å². The topological polar surface area (TPSA) is 178 Å². The van der Waals surface area contributed by atoms with Crippen molar-refractivity contribution in [2.24, 2.45) is 0 Å². The summed E-state index contributed by atoms with van der Waals surface area (Å²) in [6.07, 6.45) is 0.679. The summed E-state index contributed by atoms with van der Waals surface area (Å²) in [6.45, 7) is 6.64. The number of aromatic nitrogens is 3. The lowest BCUT2D eigenvalue weighted by atomic mass is 10.1. The number of carbonyl (C=O) groups excluding carboxylic acids is 4. The summed E-state index contributed by atoms with van der Waals surface area (Å²) < 4.78 is 4.88. The van der Waals surface area contributed by atoms with Crippen LogP contribution in [0.25, 0.3) is 22.3 Å². The zero-order chi connectivity index (χ0) is 32.2. The predicted octanol–water partition coefficient (Wildman–Crippen LogP) is 3.00. The number of carbonyl (C=O) groups is 5. The molecule has 2 aliphatic rings. The molecule has 45 heavy (non-hydrogen) atoms. The fraction of sp³-hybridized carbons (Fsp3) is 0.281. The number of hydrogen-bond donors (Lipinski definition) is 3. The van der Waals surface area contributed by atoms with Gasteiger partial charge < -0.3 is 29.9 Å². The summed E-state index contributed by atoms with van der Waals surface area (Å²) in [5.41, 5.74) is 1.97. The van der Waals surface area contributed by atoms with E-state index in [9.17, 15) is 24.0 Å². The van der Waals surface area contributed by atoms with Crippen LogP contribution < -0.4 is 5.32 Å². The van der Waals surface area contributed by atoms with Crippen LogP contribution in [0.5, 0.6) is 0 Å². The molecule has 5 heterocycles. The van der Waals surface area contributed by atoms with Crippen molar-refractivity contribution in [1.29, 1.82) is 0 Å². The number of Topliss-reactive ketones (excluding diaryl/α,β-unsaturated/α-hetero) is 1. The molecule has 3 atom stereocenters. The number of hydrogen-bond acceptors (Lipinski definition) is 8. The minimum Gasteiger partial charge on any atom is -0.479 e. The molecule has 1 aromatic carbocycles. The number of aromatic amines is 1. The third-order valence-electron chi connectivity index (χ3n) is 7.47. The molecule has 0 radical (unpaired) electrons. The van der Waals surface area contributed by atoms with Crippen molar-refractivity contribution in [2.45, 2.75) is 39.0 Å². The van der Waals surface area contributed by atoms with Gasteiger partial charge in [-0.1, -0.05) is 38.1 Å². The smallest absolute Gasteiger partial charge is 0.336 e. The number of ketones is 1. The number of epoxide rings is 1. The van der Waals surface area contributed by atoms with Crippen molar-refractivity contribution in [2.75, 3.05) is 25.0 Å². The van der Waals surface area contributed by atoms with Crippen molar-refractivity contribution in [3.63, 3.8) is 0 Å². The summed E-state index contributed by atoms with van der Waals surface area (Å²) in [5, 5.41) is 12.0. The first kappa shape index (κ1) is 31.0. The van der Waals surface area contributed by atoms with Crippen molar-refractivity contribution < 1.29 is 33.8 Å². The normalized spacial score (nSPS) is 18.9. The molecular formula is C32H32N6O7. The number of piperazine rings is 1. The summed E-state index contributed by atoms with van der Waals surface area (Å²) in [5.74, 6) is -3.16. The van der Waals surface area contributed by atoms with E-state index in [4.69, 9.17) is 9.84 Å². The third kappa shape index (κ3) is 6.29. The van der Waals surface area contributed by atoms with E-state index < -0.39 is 35.8 Å². The van der Waals surface area contributed by atoms with Gasteiger partial charge >= 0.3 is 5.97 Å². The van der Waals surface area contributed by atoms with Gasteiger partial charge in [0.05, 0.1) is 16.8 Å². The van der Waals surface area contributed by atoms with E-state index in [1.807, 2.05) is 26.8 Å². The van der Waals surface area contributed by atoms with Crippen molar-refractivity contribution in [3.8, 4) is 11.4 Å². The second-order valence-corrected chi connectivity index (χ2v) is 10.3. The van der Waals surface area contributed by atoms with Gasteiger partial charge in [-0.3, -0.25) is 24.2 Å². The molecule has 3 aromatic heterocycles. The number of aliphatic carboxylic acids is 1. The van der Waals surface area contributed by atoms with Crippen LogP contribution in [0.15, 0.2) is 67.0 Å². The number of pyridine rings is 2. The Morgan fingerprint density at radius 1 is 0.978 bits per heavy atom. The quantitative estimate of drug-likeness (QED) is 0.161. The van der Waals surface area contributed by atoms with Crippen LogP contribution in [0.3, 0.4) is 0 Å². The summed E-state index contributed by atoms with van der Waals surface area (Å²) in [6, 6.07) is 15.0. The molecule has 4 aromatic rings. The molecule has 0 saturated carbocycles. The Morgan fingerprint density at radius 2 is 1.73 bits per heavy atom. The lowest BCUT2D eigenvalue weighted by Gasteiger charge is -2.39. The minimum absolute atomic E-state index is 0.120. The summed E-state index contributed by atoms with van der Waals surface area (Å²) in [4.78, 5) is 78.0. The van der Waals surface area contributed by atoms with Crippen LogP contribution in [0.4, 0.5) is 5.82 Å². The molecule has 0 aliphatic carbocycles. The van der Waals surface area contributed by atoms with E-state index in [1.54, 1.807) is 47.4 Å². The summed E-state index contributed by atoms with van der Waals surface area (Å²) >= 11 is 0. The Kier molecular flexibility index (Phi) is 9.00. The first-order chi connectivity index (χ1) is 21.7. The number of fused-ring (bicyclic) bond motifs is 1. The maximum Gasteiger partial charge on any atom is 0.336 e. The predicted molar refractivity (Wildman–Crippen MR) is 163 cm³/mol. The Morgan fingerprint density at radius 3 is 2.42 bits per heavy atom. The van der Waals surface area contributed by atoms with Crippen molar-refractivity contribution in [3.05, 3.63) is 78.1 Å². The number of amides is 3. The third-order valence-corrected chi connectivity index (χ3v) is 7.47. The standard InChI is InChI=1S/C30H26N6O7.C2H6/c1-16-15-35(28(39)17-6-3-2-4-7-17)12-13-36(16)29(40)24(37)19-14-32-22-18(19)10-11-31-23(22)20-8-5-9-21(33-20)34-27(38)25-26(43-25)30(41)42;1-2/h2-11,14,16,25-26,32H,12-13,15H2,1H3,(H,41,42)(H,33,34,38);1-2H3. The molecule has 13 heteroatoms. The van der Waals surface area contributed by atoms with Gasteiger partial charge in [-0.15, -0.1) is 0 Å². The van der Waals surface area contributed by atoms with E-state index in [1.165, 1.54) is 23.4 Å². The maximum absolute atomic E-state index is 13.4. The van der Waals surface area contributed by atoms with Gasteiger partial charge in [0.2, 0.25) is 0 Å². The SMILES string of the molecule is CC.CC1CN(C(=O)c2ccccc2)CCN1C(=O)C(=O)c1c[nH]c2c(-c3cccc(NC(=O)C4OC4C(=O)O)n3)nccc12. The molecule has 2 fully saturated rings. The largest absolute Gasteiger partial charge is 0.479 e. The molecule has 3 amide bonds. The van der Waals surface area contributed by atoms with Gasteiger partial charge in [-0.2, -0.15) is 0 Å². The number of carboxylic acid groups (broad SMARTS) is 1. The van der Waals surface area contributed by atoms with E-state index in [0.29, 0.717) is 40.9 Å². The number of rotatable bonds is 7. The fourth-order valence-corrected chi connectivity index (χ4v) is 5.22. The Balaban J connectivity index is 0.00000196. The second-order valence-electron chi connectivity index (χ2n) is 10.3. The average molecular weight is 613 g/mol. The Bertz CT molecular complexity index is 1770. The summed E-state index contributed by atoms with van der Waals surface area (Å²) in [7, 11) is 0. The Labute approximate surface area is 258 Å². The number of H-pyrrole nitrogens is 1. The first-order valence-corrected chi connectivity index (χ1v) is 14.5. The van der Waals surface area contributed by atoms with Gasteiger partial charge in [0, 0.05) is 49.0 Å². The van der Waals surface area contributed by atoms with Gasteiger partial charge in [0.25, 0.3) is 23.5 Å². The first-order valence-electron chi connectivity index (χ1n) is 14.5. The lowest BCUT2D eigenvalue weighted by Crippen LogP contribution is -2.56. The Hall–Kier alpha value is -5.43. The van der Waals surface area contributed by atoms with Crippen LogP contribution in [0.1, 0.15) is 41.5 Å². The zero-order valence-corrected chi connectivity index (χ0v) is 24.9. The molecule has 13 nitrogen and oxygen atoms in total. The molecule has 232 valence electrons. The molecule has 2 aliphatic heterocycles. The highest BCUT2D eigenvalue weighted by Crippen LogP contribution is 2.29. The molecule has 3 N–H and O–H groups in total. The van der Waals surface area contributed by atoms with Gasteiger partial charge in [-0.05, 0) is 37.3 Å². The van der Waals surface area contributed by atoms with Gasteiger partial charge in [0.15, 0.2) is 12.2 Å². The van der Waals surface area contributed by atoms with Crippen LogP contribution in [-0.2, 0) is 19.1 Å². The highest BCUT2D eigenvalue weighted by Gasteiger charge is 2.50. The molecule has 2 saturated heterocycles. The van der Waals surface area contributed by atoms with E-state index in [-0.39, 0.29) is 29.9 Å².